The number of benzene rings is 1. The summed E-state index contributed by atoms with van der Waals surface area (Å²) >= 11 is 3.59. The third kappa shape index (κ3) is 2.51. The predicted octanol–water partition coefficient (Wildman–Crippen LogP) is 4.69. The Kier molecular flexibility index (Phi) is 4.23. The van der Waals surface area contributed by atoms with Gasteiger partial charge in [-0.15, -0.1) is 0 Å². The van der Waals surface area contributed by atoms with Gasteiger partial charge in [0.05, 0.1) is 5.52 Å². The fourth-order valence-corrected chi connectivity index (χ4v) is 2.62. The van der Waals surface area contributed by atoms with Gasteiger partial charge >= 0.3 is 0 Å². The number of rotatable bonds is 4. The second-order valence-corrected chi connectivity index (χ2v) is 5.39. The maximum Gasteiger partial charge on any atom is 0.129 e. The molecule has 2 rings (SSSR count). The quantitative estimate of drug-likeness (QED) is 0.886. The molecule has 0 aliphatic carbocycles. The van der Waals surface area contributed by atoms with Gasteiger partial charge in [-0.2, -0.15) is 0 Å². The zero-order valence-corrected chi connectivity index (χ0v) is 12.8. The van der Waals surface area contributed by atoms with Crippen LogP contribution in [0, 0.1) is 6.92 Å². The van der Waals surface area contributed by atoms with Crippen molar-refractivity contribution in [1.82, 2.24) is 4.98 Å². The number of fused-ring (bicyclic) bond motifs is 1. The molecule has 0 atom stereocenters. The summed E-state index contributed by atoms with van der Waals surface area (Å²) < 4.78 is 1.06. The third-order valence-electron chi connectivity index (χ3n) is 3.10. The number of nitrogens with one attached hydrogen (secondary N) is 1. The minimum Gasteiger partial charge on any atom is -0.370 e. The van der Waals surface area contributed by atoms with Gasteiger partial charge in [0.2, 0.25) is 0 Å². The zero-order chi connectivity index (χ0) is 13.1. The number of hydrogen-bond acceptors (Lipinski definition) is 2. The number of aromatic nitrogens is 1. The highest BCUT2D eigenvalue weighted by Gasteiger charge is 2.09. The Hall–Kier alpha value is -1.09. The van der Waals surface area contributed by atoms with E-state index in [-0.39, 0.29) is 0 Å². The van der Waals surface area contributed by atoms with E-state index in [1.807, 2.05) is 0 Å². The number of pyridine rings is 1. The zero-order valence-electron chi connectivity index (χ0n) is 11.2. The molecule has 3 heteroatoms. The number of hydrogen-bond donors (Lipinski definition) is 1. The van der Waals surface area contributed by atoms with Gasteiger partial charge in [0, 0.05) is 16.4 Å². The van der Waals surface area contributed by atoms with Crippen LogP contribution in [0.15, 0.2) is 22.7 Å². The highest BCUT2D eigenvalue weighted by molar-refractivity contribution is 9.10. The maximum absolute atomic E-state index is 4.79. The summed E-state index contributed by atoms with van der Waals surface area (Å²) in [6.07, 6.45) is 2.20. The lowest BCUT2D eigenvalue weighted by Gasteiger charge is -2.13. The summed E-state index contributed by atoms with van der Waals surface area (Å²) in [6.45, 7) is 7.35. The number of anilines is 1. The normalized spacial score (nSPS) is 10.9. The molecule has 2 aromatic rings. The van der Waals surface area contributed by atoms with Crippen molar-refractivity contribution in [3.05, 3.63) is 33.8 Å². The van der Waals surface area contributed by atoms with E-state index in [1.165, 1.54) is 16.5 Å². The molecule has 1 aromatic carbocycles. The molecule has 0 spiro atoms. The molecule has 0 amide bonds. The van der Waals surface area contributed by atoms with E-state index in [0.717, 1.165) is 35.2 Å². The van der Waals surface area contributed by atoms with Crippen LogP contribution in [-0.2, 0) is 6.42 Å². The molecular weight excluding hydrogens is 288 g/mol. The van der Waals surface area contributed by atoms with E-state index >= 15 is 0 Å². The lowest BCUT2D eigenvalue weighted by atomic mass is 10.0. The van der Waals surface area contributed by atoms with Crippen LogP contribution < -0.4 is 5.32 Å². The van der Waals surface area contributed by atoms with E-state index in [2.05, 4.69) is 60.2 Å². The molecule has 0 unspecified atom stereocenters. The van der Waals surface area contributed by atoms with Crippen LogP contribution in [0.4, 0.5) is 5.82 Å². The first-order valence-corrected chi connectivity index (χ1v) is 7.29. The van der Waals surface area contributed by atoms with Gasteiger partial charge in [-0.3, -0.25) is 0 Å². The molecule has 1 N–H and O–H groups in total. The number of aryl methyl sites for hydroxylation is 2. The smallest absolute Gasteiger partial charge is 0.129 e. The van der Waals surface area contributed by atoms with Crippen molar-refractivity contribution in [3.8, 4) is 0 Å². The third-order valence-corrected chi connectivity index (χ3v) is 3.74. The Morgan fingerprint density at radius 3 is 2.72 bits per heavy atom. The number of halogens is 1. The van der Waals surface area contributed by atoms with Gasteiger partial charge in [-0.25, -0.2) is 4.98 Å². The average Bonchev–Trinajstić information content (AvgIpc) is 2.36. The van der Waals surface area contributed by atoms with Crippen molar-refractivity contribution < 1.29 is 0 Å². The van der Waals surface area contributed by atoms with Crippen LogP contribution in [0.2, 0.25) is 0 Å². The highest BCUT2D eigenvalue weighted by Crippen LogP contribution is 2.29. The molecule has 0 aliphatic rings. The van der Waals surface area contributed by atoms with Crippen molar-refractivity contribution in [2.45, 2.75) is 33.6 Å². The SMILES string of the molecule is CCCc1cc2c(C)ccc(Br)c2nc1NCC. The first-order valence-electron chi connectivity index (χ1n) is 6.50. The maximum atomic E-state index is 4.79. The first kappa shape index (κ1) is 13.3. The van der Waals surface area contributed by atoms with Gasteiger partial charge in [-0.05, 0) is 59.5 Å². The molecule has 18 heavy (non-hydrogen) atoms. The topological polar surface area (TPSA) is 24.9 Å². The van der Waals surface area contributed by atoms with E-state index < -0.39 is 0 Å². The molecular formula is C15H19BrN2. The van der Waals surface area contributed by atoms with E-state index in [4.69, 9.17) is 4.98 Å². The second-order valence-electron chi connectivity index (χ2n) is 4.54. The average molecular weight is 307 g/mol. The molecule has 0 saturated carbocycles. The molecule has 2 nitrogen and oxygen atoms in total. The van der Waals surface area contributed by atoms with E-state index in [0.29, 0.717) is 0 Å². The van der Waals surface area contributed by atoms with E-state index in [1.54, 1.807) is 0 Å². The fraction of sp³-hybridized carbons (Fsp3) is 0.400. The lowest BCUT2D eigenvalue weighted by Crippen LogP contribution is -2.04. The van der Waals surface area contributed by atoms with E-state index in [9.17, 15) is 0 Å². The summed E-state index contributed by atoms with van der Waals surface area (Å²) in [6, 6.07) is 6.49. The van der Waals surface area contributed by atoms with Crippen LogP contribution >= 0.6 is 15.9 Å². The van der Waals surface area contributed by atoms with Crippen molar-refractivity contribution in [2.75, 3.05) is 11.9 Å². The molecule has 0 fully saturated rings. The molecule has 0 radical (unpaired) electrons. The molecule has 0 saturated heterocycles. The second kappa shape index (κ2) is 5.70. The Morgan fingerprint density at radius 1 is 1.28 bits per heavy atom. The van der Waals surface area contributed by atoms with Crippen LogP contribution in [0.25, 0.3) is 10.9 Å². The molecule has 1 aromatic heterocycles. The molecule has 1 heterocycles. The summed E-state index contributed by atoms with van der Waals surface area (Å²) in [5.74, 6) is 1.03. The van der Waals surface area contributed by atoms with Crippen LogP contribution in [0.5, 0.6) is 0 Å². The highest BCUT2D eigenvalue weighted by atomic mass is 79.9. The molecule has 0 bridgehead atoms. The van der Waals surface area contributed by atoms with Gasteiger partial charge in [0.15, 0.2) is 0 Å². The minimum atomic E-state index is 0.901. The Morgan fingerprint density at radius 2 is 2.06 bits per heavy atom. The first-order chi connectivity index (χ1) is 8.67. The standard InChI is InChI=1S/C15H19BrN2/c1-4-6-11-9-12-10(3)7-8-13(16)14(12)18-15(11)17-5-2/h7-9H,4-6H2,1-3H3,(H,17,18). The van der Waals surface area contributed by atoms with Crippen molar-refractivity contribution >= 4 is 32.7 Å². The Labute approximate surface area is 117 Å². The Bertz CT molecular complexity index is 513. The predicted molar refractivity (Wildman–Crippen MR) is 82.3 cm³/mol. The van der Waals surface area contributed by atoms with Gasteiger partial charge in [0.25, 0.3) is 0 Å². The monoisotopic (exact) mass is 306 g/mol. The molecule has 96 valence electrons. The largest absolute Gasteiger partial charge is 0.370 e. The van der Waals surface area contributed by atoms with Crippen LogP contribution in [-0.4, -0.2) is 11.5 Å². The van der Waals surface area contributed by atoms with Crippen LogP contribution in [0.1, 0.15) is 31.4 Å². The van der Waals surface area contributed by atoms with Crippen LogP contribution in [0.3, 0.4) is 0 Å². The minimum absolute atomic E-state index is 0.901. The van der Waals surface area contributed by atoms with Crippen molar-refractivity contribution in [2.24, 2.45) is 0 Å². The fourth-order valence-electron chi connectivity index (χ4n) is 2.18. The molecule has 0 aliphatic heterocycles. The van der Waals surface area contributed by atoms with Gasteiger partial charge in [0.1, 0.15) is 5.82 Å². The summed E-state index contributed by atoms with van der Waals surface area (Å²) in [4.78, 5) is 4.79. The van der Waals surface area contributed by atoms with Crippen molar-refractivity contribution in [1.29, 1.82) is 0 Å². The van der Waals surface area contributed by atoms with Gasteiger partial charge < -0.3 is 5.32 Å². The summed E-state index contributed by atoms with van der Waals surface area (Å²) in [5, 5.41) is 4.61. The van der Waals surface area contributed by atoms with Crippen molar-refractivity contribution in [3.63, 3.8) is 0 Å². The summed E-state index contributed by atoms with van der Waals surface area (Å²) in [5.41, 5.74) is 3.64. The lowest BCUT2D eigenvalue weighted by molar-refractivity contribution is 0.915. The van der Waals surface area contributed by atoms with Gasteiger partial charge in [-0.1, -0.05) is 19.4 Å². The number of nitrogens with zero attached hydrogens (tertiary/aromatic N) is 1. The Balaban J connectivity index is 2.67. The summed E-state index contributed by atoms with van der Waals surface area (Å²) in [7, 11) is 0.